The van der Waals surface area contributed by atoms with E-state index in [0.29, 0.717) is 6.54 Å². The first-order chi connectivity index (χ1) is 12.9. The van der Waals surface area contributed by atoms with Crippen LogP contribution in [0.1, 0.15) is 17.4 Å². The maximum atomic E-state index is 5.38. The van der Waals surface area contributed by atoms with E-state index in [2.05, 4.69) is 57.7 Å². The number of furan rings is 1. The third kappa shape index (κ3) is 2.58. The fourth-order valence-electron chi connectivity index (χ4n) is 3.49. The summed E-state index contributed by atoms with van der Waals surface area (Å²) in [6, 6.07) is 19.1. The summed E-state index contributed by atoms with van der Waals surface area (Å²) in [5.74, 6) is 2.54. The van der Waals surface area contributed by atoms with Gasteiger partial charge in [0, 0.05) is 12.4 Å². The molecule has 0 fully saturated rings. The average Bonchev–Trinajstić information content (AvgIpc) is 3.36. The standard InChI is InChI=1S/C21H18N4O/c1-2-5-16-12-17(8-7-15(16)4-1)19-14-24-21-20(22-9-10-25(19)21)23-13-18-6-3-11-26-18/h1-12,19H,13-14H2,(H,22,23). The third-order valence-corrected chi connectivity index (χ3v) is 4.81. The molecule has 1 atom stereocenters. The van der Waals surface area contributed by atoms with Gasteiger partial charge < -0.3 is 14.6 Å². The lowest BCUT2D eigenvalue weighted by Crippen LogP contribution is -2.40. The second kappa shape index (κ2) is 6.19. The summed E-state index contributed by atoms with van der Waals surface area (Å²) in [7, 11) is 0. The molecule has 5 heteroatoms. The van der Waals surface area contributed by atoms with Crippen molar-refractivity contribution < 1.29 is 4.42 Å². The van der Waals surface area contributed by atoms with Crippen LogP contribution in [0, 0.1) is 0 Å². The van der Waals surface area contributed by atoms with E-state index in [1.54, 1.807) is 6.26 Å². The van der Waals surface area contributed by atoms with Gasteiger partial charge in [-0.15, -0.1) is 0 Å². The maximum Gasteiger partial charge on any atom is 0.171 e. The van der Waals surface area contributed by atoms with Crippen LogP contribution in [0.2, 0.25) is 0 Å². The molecular formula is C21H18N4O. The highest BCUT2D eigenvalue weighted by molar-refractivity contribution is 6.41. The minimum absolute atomic E-state index is 0.196. The van der Waals surface area contributed by atoms with Crippen LogP contribution in [0.5, 0.6) is 0 Å². The van der Waals surface area contributed by atoms with Crippen molar-refractivity contribution in [2.24, 2.45) is 9.98 Å². The Morgan fingerprint density at radius 1 is 1.08 bits per heavy atom. The quantitative estimate of drug-likeness (QED) is 0.786. The lowest BCUT2D eigenvalue weighted by atomic mass is 10.0. The molecule has 3 aromatic rings. The number of hydrogen-bond donors (Lipinski definition) is 1. The summed E-state index contributed by atoms with van der Waals surface area (Å²) in [6.07, 6.45) is 5.50. The Labute approximate surface area is 151 Å². The van der Waals surface area contributed by atoms with E-state index in [4.69, 9.17) is 9.41 Å². The van der Waals surface area contributed by atoms with Crippen LogP contribution in [0.4, 0.5) is 0 Å². The smallest absolute Gasteiger partial charge is 0.171 e. The molecule has 0 bridgehead atoms. The van der Waals surface area contributed by atoms with E-state index in [9.17, 15) is 0 Å². The lowest BCUT2D eigenvalue weighted by molar-refractivity contribution is 0.457. The second-order valence-electron chi connectivity index (χ2n) is 6.40. The molecule has 1 N–H and O–H groups in total. The lowest BCUT2D eigenvalue weighted by Gasteiger charge is -2.27. The van der Waals surface area contributed by atoms with E-state index in [1.165, 1.54) is 16.3 Å². The van der Waals surface area contributed by atoms with Gasteiger partial charge in [-0.2, -0.15) is 0 Å². The largest absolute Gasteiger partial charge is 0.467 e. The zero-order valence-corrected chi connectivity index (χ0v) is 14.2. The summed E-state index contributed by atoms with van der Waals surface area (Å²) in [5.41, 5.74) is 1.26. The van der Waals surface area contributed by atoms with E-state index in [0.717, 1.165) is 24.0 Å². The first-order valence-corrected chi connectivity index (χ1v) is 8.71. The molecule has 0 aliphatic carbocycles. The van der Waals surface area contributed by atoms with Crippen LogP contribution < -0.4 is 5.32 Å². The van der Waals surface area contributed by atoms with Crippen molar-refractivity contribution in [3.8, 4) is 0 Å². The molecule has 0 radical (unpaired) electrons. The molecule has 0 amide bonds. The van der Waals surface area contributed by atoms with E-state index in [-0.39, 0.29) is 6.04 Å². The highest BCUT2D eigenvalue weighted by Gasteiger charge is 2.32. The molecule has 5 rings (SSSR count). The van der Waals surface area contributed by atoms with Gasteiger partial charge in [-0.05, 0) is 34.5 Å². The number of rotatable bonds is 3. The van der Waals surface area contributed by atoms with Crippen LogP contribution in [0.3, 0.4) is 0 Å². The van der Waals surface area contributed by atoms with Crippen LogP contribution >= 0.6 is 0 Å². The van der Waals surface area contributed by atoms with Gasteiger partial charge in [0.25, 0.3) is 0 Å². The molecule has 1 aromatic heterocycles. The predicted molar refractivity (Wildman–Crippen MR) is 103 cm³/mol. The molecule has 0 saturated heterocycles. The molecule has 3 heterocycles. The number of nitrogens with zero attached hydrogens (tertiary/aromatic N) is 3. The Balaban J connectivity index is 1.38. The van der Waals surface area contributed by atoms with E-state index in [1.807, 2.05) is 24.5 Å². The highest BCUT2D eigenvalue weighted by atomic mass is 16.3. The number of nitrogens with one attached hydrogen (secondary N) is 1. The van der Waals surface area contributed by atoms with Gasteiger partial charge in [-0.25, -0.2) is 4.99 Å². The van der Waals surface area contributed by atoms with Crippen LogP contribution in [-0.2, 0) is 6.54 Å². The third-order valence-electron chi connectivity index (χ3n) is 4.81. The van der Waals surface area contributed by atoms with Crippen LogP contribution in [0.15, 0.2) is 87.7 Å². The summed E-state index contributed by atoms with van der Waals surface area (Å²) in [6.45, 7) is 1.31. The first kappa shape index (κ1) is 15.0. The Morgan fingerprint density at radius 2 is 2.00 bits per heavy atom. The van der Waals surface area contributed by atoms with Gasteiger partial charge in [0.15, 0.2) is 11.7 Å². The molecule has 2 aromatic carbocycles. The van der Waals surface area contributed by atoms with E-state index >= 15 is 0 Å². The number of aliphatic imine (C=N–C) groups is 2. The minimum Gasteiger partial charge on any atom is -0.467 e. The molecular weight excluding hydrogens is 324 g/mol. The number of hydrogen-bond acceptors (Lipinski definition) is 5. The minimum atomic E-state index is 0.196. The molecule has 2 aliphatic heterocycles. The molecule has 128 valence electrons. The Kier molecular flexibility index (Phi) is 3.56. The molecule has 26 heavy (non-hydrogen) atoms. The summed E-state index contributed by atoms with van der Waals surface area (Å²) < 4.78 is 5.38. The Morgan fingerprint density at radius 3 is 2.88 bits per heavy atom. The monoisotopic (exact) mass is 342 g/mol. The number of benzene rings is 2. The summed E-state index contributed by atoms with van der Waals surface area (Å²) in [5, 5.41) is 5.84. The maximum absolute atomic E-state index is 5.38. The zero-order valence-electron chi connectivity index (χ0n) is 14.2. The van der Waals surface area contributed by atoms with Crippen molar-refractivity contribution >= 4 is 22.4 Å². The molecule has 5 nitrogen and oxygen atoms in total. The topological polar surface area (TPSA) is 53.1 Å². The number of fused-ring (bicyclic) bond motifs is 2. The van der Waals surface area contributed by atoms with Gasteiger partial charge in [0.1, 0.15) is 5.76 Å². The van der Waals surface area contributed by atoms with E-state index < -0.39 is 0 Å². The second-order valence-corrected chi connectivity index (χ2v) is 6.40. The van der Waals surface area contributed by atoms with Gasteiger partial charge in [0.05, 0.1) is 25.4 Å². The number of amidine groups is 2. The van der Waals surface area contributed by atoms with Crippen molar-refractivity contribution in [3.05, 3.63) is 84.6 Å². The molecule has 2 aliphatic rings. The Bertz CT molecular complexity index is 1030. The van der Waals surface area contributed by atoms with Crippen molar-refractivity contribution in [2.45, 2.75) is 12.6 Å². The highest BCUT2D eigenvalue weighted by Crippen LogP contribution is 2.30. The van der Waals surface area contributed by atoms with Gasteiger partial charge in [0.2, 0.25) is 0 Å². The van der Waals surface area contributed by atoms with Crippen molar-refractivity contribution in [2.75, 3.05) is 6.54 Å². The van der Waals surface area contributed by atoms with Crippen LogP contribution in [-0.4, -0.2) is 23.1 Å². The summed E-state index contributed by atoms with van der Waals surface area (Å²) >= 11 is 0. The Hall–Kier alpha value is -3.34. The van der Waals surface area contributed by atoms with Gasteiger partial charge >= 0.3 is 0 Å². The SMILES string of the molecule is C1=CN2C(=NCC2c2ccc3ccccc3c2)C(NCc2ccco2)=N1. The first-order valence-electron chi connectivity index (χ1n) is 8.71. The van der Waals surface area contributed by atoms with Crippen molar-refractivity contribution in [1.82, 2.24) is 10.2 Å². The normalized spacial score (nSPS) is 18.6. The zero-order chi connectivity index (χ0) is 17.3. The summed E-state index contributed by atoms with van der Waals surface area (Å²) in [4.78, 5) is 11.4. The average molecular weight is 342 g/mol. The molecule has 0 saturated carbocycles. The molecule has 1 unspecified atom stereocenters. The molecule has 0 spiro atoms. The predicted octanol–water partition coefficient (Wildman–Crippen LogP) is 3.86. The fourth-order valence-corrected chi connectivity index (χ4v) is 3.49. The van der Waals surface area contributed by atoms with Crippen molar-refractivity contribution in [3.63, 3.8) is 0 Å². The van der Waals surface area contributed by atoms with Crippen molar-refractivity contribution in [1.29, 1.82) is 0 Å². The van der Waals surface area contributed by atoms with Gasteiger partial charge in [-0.1, -0.05) is 36.4 Å². The van der Waals surface area contributed by atoms with Gasteiger partial charge in [-0.3, -0.25) is 4.99 Å². The fraction of sp³-hybridized carbons (Fsp3) is 0.143. The van der Waals surface area contributed by atoms with Crippen LogP contribution in [0.25, 0.3) is 10.8 Å².